The van der Waals surface area contributed by atoms with Crippen molar-refractivity contribution in [1.29, 1.82) is 0 Å². The Bertz CT molecular complexity index is 1010. The van der Waals surface area contributed by atoms with Crippen LogP contribution in [0.25, 0.3) is 11.0 Å². The molecule has 1 amide bonds. The van der Waals surface area contributed by atoms with Crippen LogP contribution >= 0.6 is 23.1 Å². The van der Waals surface area contributed by atoms with Gasteiger partial charge in [-0.05, 0) is 29.5 Å². The molecule has 2 N–H and O–H groups in total. The van der Waals surface area contributed by atoms with Crippen LogP contribution in [0, 0.1) is 0 Å². The summed E-state index contributed by atoms with van der Waals surface area (Å²) in [6, 6.07) is 18.4. The maximum atomic E-state index is 12.2. The highest BCUT2D eigenvalue weighted by Gasteiger charge is 2.20. The van der Waals surface area contributed by atoms with Gasteiger partial charge >= 0.3 is 5.16 Å². The second-order valence-electron chi connectivity index (χ2n) is 5.60. The number of benzene rings is 2. The first-order valence-electron chi connectivity index (χ1n) is 8.03. The molecule has 0 aliphatic carbocycles. The molecule has 0 unspecified atom stereocenters. The molecule has 2 aromatic carbocycles. The zero-order valence-electron chi connectivity index (χ0n) is 13.8. The van der Waals surface area contributed by atoms with E-state index >= 15 is 0 Å². The van der Waals surface area contributed by atoms with Crippen molar-refractivity contribution in [3.8, 4) is 0 Å². The Morgan fingerprint density at radius 2 is 1.96 bits per heavy atom. The van der Waals surface area contributed by atoms with Crippen LogP contribution in [-0.2, 0) is 11.3 Å². The highest BCUT2D eigenvalue weighted by Crippen LogP contribution is 2.19. The Morgan fingerprint density at radius 3 is 2.77 bits per heavy atom. The topological polar surface area (TPSA) is 74.6 Å². The smallest absolute Gasteiger partial charge is 0.300 e. The van der Waals surface area contributed by atoms with E-state index in [-0.39, 0.29) is 5.91 Å². The van der Waals surface area contributed by atoms with Gasteiger partial charge in [0.25, 0.3) is 0 Å². The quantitative estimate of drug-likeness (QED) is 0.397. The van der Waals surface area contributed by atoms with Crippen LogP contribution in [0.4, 0.5) is 5.13 Å². The molecule has 4 rings (SSSR count). The molecule has 0 aliphatic rings. The lowest BCUT2D eigenvalue weighted by molar-refractivity contribution is -0.700. The number of nitrogens with zero attached hydrogens (tertiary/aromatic N) is 3. The number of anilines is 1. The second-order valence-corrected chi connectivity index (χ2v) is 7.40. The molecule has 26 heavy (non-hydrogen) atoms. The summed E-state index contributed by atoms with van der Waals surface area (Å²) in [5.74, 6) is 0.193. The van der Waals surface area contributed by atoms with E-state index in [9.17, 15) is 4.79 Å². The number of carbonyl (C=O) groups excluding carboxylic acids is 1. The van der Waals surface area contributed by atoms with Crippen LogP contribution in [0.1, 0.15) is 5.56 Å². The summed E-state index contributed by atoms with van der Waals surface area (Å²) in [7, 11) is 0. The Hall–Kier alpha value is -2.71. The molecule has 2 heterocycles. The maximum Gasteiger partial charge on any atom is 0.317 e. The third-order valence-corrected chi connectivity index (χ3v) is 5.42. The predicted molar refractivity (Wildman–Crippen MR) is 103 cm³/mol. The van der Waals surface area contributed by atoms with Crippen LogP contribution in [0.3, 0.4) is 0 Å². The van der Waals surface area contributed by atoms with E-state index in [1.165, 1.54) is 28.7 Å². The molecule has 0 saturated heterocycles. The molecule has 0 atom stereocenters. The highest BCUT2D eigenvalue weighted by atomic mass is 32.2. The number of hydrogen-bond donors (Lipinski definition) is 2. The van der Waals surface area contributed by atoms with Gasteiger partial charge in [-0.1, -0.05) is 53.8 Å². The van der Waals surface area contributed by atoms with Crippen molar-refractivity contribution in [2.45, 2.75) is 11.7 Å². The number of hydrogen-bond acceptors (Lipinski definition) is 5. The number of imidazole rings is 1. The van der Waals surface area contributed by atoms with Crippen LogP contribution in [0.15, 0.2) is 65.3 Å². The Morgan fingerprint density at radius 1 is 1.15 bits per heavy atom. The third-order valence-electron chi connectivity index (χ3n) is 3.81. The molecule has 0 fully saturated rings. The number of H-pyrrole nitrogens is 1. The van der Waals surface area contributed by atoms with Crippen molar-refractivity contribution in [2.24, 2.45) is 0 Å². The Labute approximate surface area is 158 Å². The van der Waals surface area contributed by atoms with Crippen molar-refractivity contribution in [2.75, 3.05) is 11.1 Å². The fourth-order valence-electron chi connectivity index (χ4n) is 2.66. The van der Waals surface area contributed by atoms with E-state index < -0.39 is 0 Å². The molecule has 130 valence electrons. The summed E-state index contributed by atoms with van der Waals surface area (Å²) in [5, 5.41) is 11.8. The molecule has 2 aromatic heterocycles. The molecule has 6 nitrogen and oxygen atoms in total. The van der Waals surface area contributed by atoms with Crippen LogP contribution in [-0.4, -0.2) is 26.8 Å². The molecule has 4 aromatic rings. The maximum absolute atomic E-state index is 12.2. The normalized spacial score (nSPS) is 10.9. The first kappa shape index (κ1) is 16.7. The number of thioether (sulfide) groups is 1. The fourth-order valence-corrected chi connectivity index (χ4v) is 3.96. The van der Waals surface area contributed by atoms with Gasteiger partial charge in [-0.15, -0.1) is 10.2 Å². The van der Waals surface area contributed by atoms with Gasteiger partial charge in [0, 0.05) is 0 Å². The van der Waals surface area contributed by atoms with Gasteiger partial charge in [0.15, 0.2) is 11.0 Å². The van der Waals surface area contributed by atoms with Crippen LogP contribution < -0.4 is 9.88 Å². The van der Waals surface area contributed by atoms with E-state index in [0.717, 1.165) is 22.7 Å². The van der Waals surface area contributed by atoms with E-state index in [1.54, 1.807) is 5.51 Å². The molecule has 0 bridgehead atoms. The monoisotopic (exact) mass is 382 g/mol. The summed E-state index contributed by atoms with van der Waals surface area (Å²) >= 11 is 2.78. The number of amides is 1. The number of aromatic nitrogens is 4. The van der Waals surface area contributed by atoms with Gasteiger partial charge in [-0.2, -0.15) is 0 Å². The van der Waals surface area contributed by atoms with E-state index in [0.29, 0.717) is 10.9 Å². The molecular formula is C18H16N5OS2+. The lowest BCUT2D eigenvalue weighted by Gasteiger charge is -2.03. The standard InChI is InChI=1S/C18H15N5OS2/c24-16(21-17-22-19-12-26-17)11-25-18-20-14-8-4-5-9-15(14)23(18)10-13-6-2-1-3-7-13/h1-9,12H,10-11H2,(H,21,22,24)/p+1. The first-order chi connectivity index (χ1) is 12.8. The average Bonchev–Trinajstić information content (AvgIpc) is 3.29. The molecule has 0 spiro atoms. The minimum Gasteiger partial charge on any atom is -0.300 e. The van der Waals surface area contributed by atoms with Crippen LogP contribution in [0.2, 0.25) is 0 Å². The highest BCUT2D eigenvalue weighted by molar-refractivity contribution is 7.99. The number of rotatable bonds is 6. The van der Waals surface area contributed by atoms with Crippen molar-refractivity contribution in [3.05, 3.63) is 65.7 Å². The minimum atomic E-state index is -0.100. The van der Waals surface area contributed by atoms with E-state index in [2.05, 4.69) is 43.3 Å². The Balaban J connectivity index is 1.55. The van der Waals surface area contributed by atoms with Crippen molar-refractivity contribution >= 4 is 45.2 Å². The molecule has 8 heteroatoms. The summed E-state index contributed by atoms with van der Waals surface area (Å²) in [6.07, 6.45) is 0. The van der Waals surface area contributed by atoms with Crippen molar-refractivity contribution in [3.63, 3.8) is 0 Å². The molecule has 0 aliphatic heterocycles. The van der Waals surface area contributed by atoms with Gasteiger partial charge in [-0.3, -0.25) is 10.1 Å². The lowest BCUT2D eigenvalue weighted by atomic mass is 10.2. The average molecular weight is 382 g/mol. The second kappa shape index (κ2) is 7.67. The first-order valence-corrected chi connectivity index (χ1v) is 9.89. The number of para-hydroxylation sites is 2. The summed E-state index contributed by atoms with van der Waals surface area (Å²) in [6.45, 7) is 0.741. The fraction of sp³-hybridized carbons (Fsp3) is 0.111. The Kier molecular flexibility index (Phi) is 4.94. The SMILES string of the molecule is O=C(CSc1[nH]c2ccccc2[n+]1Cc1ccccc1)Nc1nncs1. The predicted octanol–water partition coefficient (Wildman–Crippen LogP) is 3.09. The zero-order valence-corrected chi connectivity index (χ0v) is 15.4. The number of nitrogens with one attached hydrogen (secondary N) is 2. The summed E-state index contributed by atoms with van der Waals surface area (Å²) in [5.41, 5.74) is 4.97. The number of aromatic amines is 1. The largest absolute Gasteiger partial charge is 0.317 e. The van der Waals surface area contributed by atoms with Gasteiger partial charge in [-0.25, -0.2) is 9.55 Å². The molecular weight excluding hydrogens is 366 g/mol. The van der Waals surface area contributed by atoms with Crippen molar-refractivity contribution < 1.29 is 9.36 Å². The minimum absolute atomic E-state index is 0.100. The van der Waals surface area contributed by atoms with Crippen molar-refractivity contribution in [1.82, 2.24) is 15.2 Å². The summed E-state index contributed by atoms with van der Waals surface area (Å²) < 4.78 is 2.20. The van der Waals surface area contributed by atoms with Gasteiger partial charge in [0.05, 0.1) is 5.75 Å². The summed E-state index contributed by atoms with van der Waals surface area (Å²) in [4.78, 5) is 15.6. The molecule has 0 radical (unpaired) electrons. The number of carbonyl (C=O) groups is 1. The zero-order chi connectivity index (χ0) is 17.8. The third kappa shape index (κ3) is 3.76. The van der Waals surface area contributed by atoms with Crippen LogP contribution in [0.5, 0.6) is 0 Å². The number of fused-ring (bicyclic) bond motifs is 1. The van der Waals surface area contributed by atoms with E-state index in [1.807, 2.05) is 36.4 Å². The van der Waals surface area contributed by atoms with Gasteiger partial charge < -0.3 is 0 Å². The molecule has 0 saturated carbocycles. The van der Waals surface area contributed by atoms with Gasteiger partial charge in [0.1, 0.15) is 12.1 Å². The lowest BCUT2D eigenvalue weighted by Crippen LogP contribution is -2.35. The van der Waals surface area contributed by atoms with Gasteiger partial charge in [0.2, 0.25) is 11.0 Å². The van der Waals surface area contributed by atoms with E-state index in [4.69, 9.17) is 0 Å².